The second kappa shape index (κ2) is 40.5. The number of carbonyl (C=O) groups excluding carboxylic acids is 2. The maximum absolute atomic E-state index is 12.2. The molecule has 0 amide bonds. The molecule has 0 fully saturated rings. The van der Waals surface area contributed by atoms with Crippen LogP contribution in [0.2, 0.25) is 0 Å². The lowest BCUT2D eigenvalue weighted by molar-refractivity contribution is -0.161. The number of hydrogen-bond acceptors (Lipinski definition) is 5. The third kappa shape index (κ3) is 38.8. The highest BCUT2D eigenvalue weighted by Gasteiger charge is 2.16. The molecule has 0 heterocycles. The van der Waals surface area contributed by atoms with E-state index in [-0.39, 0.29) is 25.2 Å². The first-order valence-corrected chi connectivity index (χ1v) is 21.0. The summed E-state index contributed by atoms with van der Waals surface area (Å²) < 4.78 is 10.6. The van der Waals surface area contributed by atoms with Crippen molar-refractivity contribution in [2.75, 3.05) is 13.2 Å². The Bertz CT molecular complexity index is 786. The summed E-state index contributed by atoms with van der Waals surface area (Å²) in [5.74, 6) is -0.603. The molecule has 5 nitrogen and oxygen atoms in total. The molecule has 1 unspecified atom stereocenters. The molecule has 1 N–H and O–H groups in total. The fraction of sp³-hybridized carbons (Fsp3) is 0.818. The van der Waals surface area contributed by atoms with Crippen LogP contribution in [0.5, 0.6) is 0 Å². The summed E-state index contributed by atoms with van der Waals surface area (Å²) in [4.78, 5) is 24.3. The predicted molar refractivity (Wildman–Crippen MR) is 210 cm³/mol. The van der Waals surface area contributed by atoms with E-state index in [1.54, 1.807) is 0 Å². The first-order valence-electron chi connectivity index (χ1n) is 21.0. The molecule has 0 aromatic heterocycles. The molecular formula is C44H80O5. The van der Waals surface area contributed by atoms with Gasteiger partial charge in [0.1, 0.15) is 6.61 Å². The summed E-state index contributed by atoms with van der Waals surface area (Å²) >= 11 is 0. The third-order valence-electron chi connectivity index (χ3n) is 9.20. The standard InChI is InChI=1S/C44H80O5/c1-3-5-7-9-11-13-15-17-19-20-21-22-23-25-26-28-30-32-34-36-38-43(46)48-41-42(40-45)49-44(47)39-37-35-33-31-29-27-24-18-16-14-12-10-8-6-4-2/h6,8,12,14,18,24,42,45H,3-5,7,9-11,13,15-17,19-23,25-41H2,1-2H3/b8-6-,14-12-,24-18-. The van der Waals surface area contributed by atoms with E-state index in [9.17, 15) is 14.7 Å². The van der Waals surface area contributed by atoms with Gasteiger partial charge in [-0.25, -0.2) is 0 Å². The fourth-order valence-electron chi connectivity index (χ4n) is 6.04. The summed E-state index contributed by atoms with van der Waals surface area (Å²) in [6.07, 6.45) is 49.3. The molecule has 0 radical (unpaired) electrons. The van der Waals surface area contributed by atoms with Crippen LogP contribution in [-0.2, 0) is 19.1 Å². The first-order chi connectivity index (χ1) is 24.1. The molecule has 0 bridgehead atoms. The van der Waals surface area contributed by atoms with Crippen LogP contribution in [-0.4, -0.2) is 36.4 Å². The Hall–Kier alpha value is -1.88. The van der Waals surface area contributed by atoms with Crippen LogP contribution in [0.15, 0.2) is 36.5 Å². The topological polar surface area (TPSA) is 72.8 Å². The van der Waals surface area contributed by atoms with E-state index in [0.29, 0.717) is 12.8 Å². The van der Waals surface area contributed by atoms with Gasteiger partial charge in [-0.15, -0.1) is 0 Å². The number of allylic oxidation sites excluding steroid dienone is 6. The highest BCUT2D eigenvalue weighted by molar-refractivity contribution is 5.70. The molecule has 49 heavy (non-hydrogen) atoms. The van der Waals surface area contributed by atoms with Gasteiger partial charge in [0, 0.05) is 12.8 Å². The molecule has 0 aliphatic carbocycles. The van der Waals surface area contributed by atoms with E-state index in [1.807, 2.05) is 0 Å². The quantitative estimate of drug-likeness (QED) is 0.0397. The molecule has 1 atom stereocenters. The van der Waals surface area contributed by atoms with Gasteiger partial charge in [0.2, 0.25) is 0 Å². The van der Waals surface area contributed by atoms with Crippen LogP contribution >= 0.6 is 0 Å². The summed E-state index contributed by atoms with van der Waals surface area (Å²) in [6.45, 7) is 4.03. The van der Waals surface area contributed by atoms with Crippen molar-refractivity contribution in [1.82, 2.24) is 0 Å². The third-order valence-corrected chi connectivity index (χ3v) is 9.20. The van der Waals surface area contributed by atoms with Gasteiger partial charge in [0.05, 0.1) is 6.61 Å². The molecule has 0 aromatic carbocycles. The minimum absolute atomic E-state index is 0.0700. The zero-order valence-electron chi connectivity index (χ0n) is 32.5. The number of rotatable bonds is 38. The first kappa shape index (κ1) is 47.1. The summed E-state index contributed by atoms with van der Waals surface area (Å²) in [6, 6.07) is 0. The van der Waals surface area contributed by atoms with Crippen molar-refractivity contribution in [2.24, 2.45) is 0 Å². The smallest absolute Gasteiger partial charge is 0.306 e. The number of esters is 2. The Morgan fingerprint density at radius 1 is 0.490 bits per heavy atom. The normalized spacial score (nSPS) is 12.5. The molecule has 0 rings (SSSR count). The van der Waals surface area contributed by atoms with E-state index in [1.165, 1.54) is 116 Å². The molecule has 286 valence electrons. The molecule has 0 spiro atoms. The molecule has 0 aromatic rings. The lowest BCUT2D eigenvalue weighted by Gasteiger charge is -2.15. The summed E-state index contributed by atoms with van der Waals surface area (Å²) in [5, 5.41) is 9.56. The van der Waals surface area contributed by atoms with E-state index >= 15 is 0 Å². The molecular weight excluding hydrogens is 608 g/mol. The van der Waals surface area contributed by atoms with E-state index in [0.717, 1.165) is 70.6 Å². The summed E-state index contributed by atoms with van der Waals surface area (Å²) in [5.41, 5.74) is 0. The van der Waals surface area contributed by atoms with Crippen molar-refractivity contribution in [2.45, 2.75) is 219 Å². The van der Waals surface area contributed by atoms with Crippen molar-refractivity contribution in [3.8, 4) is 0 Å². The van der Waals surface area contributed by atoms with E-state index < -0.39 is 6.10 Å². The van der Waals surface area contributed by atoms with Crippen LogP contribution < -0.4 is 0 Å². The number of aliphatic hydroxyl groups is 1. The van der Waals surface area contributed by atoms with Gasteiger partial charge in [-0.2, -0.15) is 0 Å². The van der Waals surface area contributed by atoms with Crippen LogP contribution in [0.3, 0.4) is 0 Å². The van der Waals surface area contributed by atoms with Crippen molar-refractivity contribution < 1.29 is 24.2 Å². The highest BCUT2D eigenvalue weighted by Crippen LogP contribution is 2.15. The Balaban J connectivity index is 3.52. The molecule has 0 saturated carbocycles. The van der Waals surface area contributed by atoms with Gasteiger partial charge in [-0.05, 0) is 44.9 Å². The Morgan fingerprint density at radius 3 is 1.33 bits per heavy atom. The van der Waals surface area contributed by atoms with Crippen molar-refractivity contribution in [3.63, 3.8) is 0 Å². The van der Waals surface area contributed by atoms with Crippen LogP contribution in [0, 0.1) is 0 Å². The molecule has 0 aliphatic heterocycles. The van der Waals surface area contributed by atoms with Crippen molar-refractivity contribution in [1.29, 1.82) is 0 Å². The number of unbranched alkanes of at least 4 members (excludes halogenated alkanes) is 24. The van der Waals surface area contributed by atoms with Gasteiger partial charge in [-0.3, -0.25) is 9.59 Å². The van der Waals surface area contributed by atoms with Crippen LogP contribution in [0.1, 0.15) is 213 Å². The highest BCUT2D eigenvalue weighted by atomic mass is 16.6. The maximum Gasteiger partial charge on any atom is 0.306 e. The lowest BCUT2D eigenvalue weighted by Crippen LogP contribution is -2.28. The molecule has 5 heteroatoms. The number of carbonyl (C=O) groups is 2. The van der Waals surface area contributed by atoms with Gasteiger partial charge in [-0.1, -0.05) is 192 Å². The minimum Gasteiger partial charge on any atom is -0.462 e. The number of ether oxygens (including phenoxy) is 2. The summed E-state index contributed by atoms with van der Waals surface area (Å²) in [7, 11) is 0. The van der Waals surface area contributed by atoms with Gasteiger partial charge >= 0.3 is 11.9 Å². The van der Waals surface area contributed by atoms with E-state index in [4.69, 9.17) is 9.47 Å². The van der Waals surface area contributed by atoms with E-state index in [2.05, 4.69) is 50.3 Å². The van der Waals surface area contributed by atoms with Crippen molar-refractivity contribution in [3.05, 3.63) is 36.5 Å². The van der Waals surface area contributed by atoms with Crippen LogP contribution in [0.4, 0.5) is 0 Å². The lowest BCUT2D eigenvalue weighted by atomic mass is 10.0. The average molecular weight is 689 g/mol. The Morgan fingerprint density at radius 2 is 0.878 bits per heavy atom. The predicted octanol–water partition coefficient (Wildman–Crippen LogP) is 13.2. The maximum atomic E-state index is 12.2. The molecule has 0 saturated heterocycles. The van der Waals surface area contributed by atoms with Gasteiger partial charge in [0.15, 0.2) is 6.10 Å². The Kier molecular flexibility index (Phi) is 39.0. The SMILES string of the molecule is CC/C=C\C/C=C\C/C=C\CCCCCCCC(=O)OC(CO)COC(=O)CCCCCCCCCCCCCCCCCCCCCC. The second-order valence-corrected chi connectivity index (χ2v) is 14.0. The van der Waals surface area contributed by atoms with Crippen LogP contribution in [0.25, 0.3) is 0 Å². The van der Waals surface area contributed by atoms with Gasteiger partial charge in [0.25, 0.3) is 0 Å². The average Bonchev–Trinajstić information content (AvgIpc) is 3.10. The largest absolute Gasteiger partial charge is 0.462 e. The monoisotopic (exact) mass is 689 g/mol. The molecule has 0 aliphatic rings. The van der Waals surface area contributed by atoms with Gasteiger partial charge < -0.3 is 14.6 Å². The zero-order valence-corrected chi connectivity index (χ0v) is 32.5. The minimum atomic E-state index is -0.777. The zero-order chi connectivity index (χ0) is 35.7. The fourth-order valence-corrected chi connectivity index (χ4v) is 6.04. The second-order valence-electron chi connectivity index (χ2n) is 14.0. The Labute approximate surface area is 304 Å². The van der Waals surface area contributed by atoms with Crippen molar-refractivity contribution >= 4 is 11.9 Å². The number of hydrogen-bond donors (Lipinski definition) is 1. The number of aliphatic hydroxyl groups excluding tert-OH is 1.